The van der Waals surface area contributed by atoms with E-state index in [0.29, 0.717) is 17.7 Å². The summed E-state index contributed by atoms with van der Waals surface area (Å²) in [5, 5.41) is 12.1. The minimum absolute atomic E-state index is 0.0101. The Labute approximate surface area is 195 Å². The average molecular weight is 446 g/mol. The molecule has 0 bridgehead atoms. The Morgan fingerprint density at radius 2 is 1.64 bits per heavy atom. The molecule has 0 radical (unpaired) electrons. The highest BCUT2D eigenvalue weighted by Gasteiger charge is 2.21. The van der Waals surface area contributed by atoms with Crippen LogP contribution in [-0.2, 0) is 9.59 Å². The van der Waals surface area contributed by atoms with Crippen LogP contribution in [0.5, 0.6) is 0 Å². The van der Waals surface area contributed by atoms with Gasteiger partial charge in [0.2, 0.25) is 5.91 Å². The van der Waals surface area contributed by atoms with Gasteiger partial charge in [-0.3, -0.25) is 14.4 Å². The molecule has 0 aliphatic heterocycles. The Kier molecular flexibility index (Phi) is 10.0. The number of allylic oxidation sites excluding steroid dienone is 4. The summed E-state index contributed by atoms with van der Waals surface area (Å²) in [7, 11) is 0. The number of hydrogen-bond acceptors (Lipinski definition) is 3. The second-order valence-electron chi connectivity index (χ2n) is 7.91. The summed E-state index contributed by atoms with van der Waals surface area (Å²) in [6.45, 7) is 7.49. The van der Waals surface area contributed by atoms with E-state index in [9.17, 15) is 19.5 Å². The number of Topliss-reactive ketones (excluding diaryl/α,β-unsaturated/α-hetero) is 1. The van der Waals surface area contributed by atoms with E-state index >= 15 is 0 Å². The first-order valence-corrected chi connectivity index (χ1v) is 11.1. The molecule has 0 aromatic heterocycles. The number of carboxylic acids is 1. The van der Waals surface area contributed by atoms with Crippen LogP contribution >= 0.6 is 0 Å². The van der Waals surface area contributed by atoms with E-state index in [1.165, 1.54) is 0 Å². The normalized spacial score (nSPS) is 12.4. The fraction of sp³-hybridized carbons (Fsp3) is 0.250. The van der Waals surface area contributed by atoms with E-state index < -0.39 is 11.9 Å². The number of carbonyl (C=O) groups is 3. The van der Waals surface area contributed by atoms with Crippen LogP contribution in [-0.4, -0.2) is 22.8 Å². The lowest BCUT2D eigenvalue weighted by atomic mass is 9.93. The van der Waals surface area contributed by atoms with Crippen molar-refractivity contribution in [2.45, 2.75) is 39.5 Å². The van der Waals surface area contributed by atoms with Gasteiger partial charge in [-0.15, -0.1) is 0 Å². The van der Waals surface area contributed by atoms with E-state index in [1.807, 2.05) is 68.5 Å². The van der Waals surface area contributed by atoms with Gasteiger partial charge < -0.3 is 10.4 Å². The van der Waals surface area contributed by atoms with Crippen LogP contribution in [0.25, 0.3) is 11.1 Å². The number of hydrogen-bond donors (Lipinski definition) is 2. The zero-order chi connectivity index (χ0) is 24.2. The zero-order valence-electron chi connectivity index (χ0n) is 19.2. The highest BCUT2D eigenvalue weighted by molar-refractivity contribution is 5.98. The van der Waals surface area contributed by atoms with Crippen LogP contribution < -0.4 is 5.32 Å². The van der Waals surface area contributed by atoms with Gasteiger partial charge in [0.15, 0.2) is 5.78 Å². The quantitative estimate of drug-likeness (QED) is 0.291. The van der Waals surface area contributed by atoms with Crippen LogP contribution in [0.2, 0.25) is 0 Å². The minimum Gasteiger partial charge on any atom is -0.481 e. The summed E-state index contributed by atoms with van der Waals surface area (Å²) in [6.07, 6.45) is 8.77. The van der Waals surface area contributed by atoms with Crippen molar-refractivity contribution < 1.29 is 19.5 Å². The van der Waals surface area contributed by atoms with E-state index in [2.05, 4.69) is 11.9 Å². The van der Waals surface area contributed by atoms with E-state index in [0.717, 1.165) is 23.1 Å². The maximum atomic E-state index is 12.5. The van der Waals surface area contributed by atoms with Crippen molar-refractivity contribution in [2.24, 2.45) is 5.92 Å². The number of amides is 1. The van der Waals surface area contributed by atoms with Crippen LogP contribution in [0.4, 0.5) is 5.69 Å². The smallest absolute Gasteiger partial charge is 0.306 e. The summed E-state index contributed by atoms with van der Waals surface area (Å²) in [5.41, 5.74) is 4.12. The summed E-state index contributed by atoms with van der Waals surface area (Å²) >= 11 is 0. The molecule has 0 fully saturated rings. The van der Waals surface area contributed by atoms with Gasteiger partial charge in [0.1, 0.15) is 0 Å². The van der Waals surface area contributed by atoms with Crippen LogP contribution in [0.3, 0.4) is 0 Å². The highest BCUT2D eigenvalue weighted by atomic mass is 16.4. The lowest BCUT2D eigenvalue weighted by molar-refractivity contribution is -0.141. The monoisotopic (exact) mass is 445 g/mol. The molecule has 2 aromatic rings. The topological polar surface area (TPSA) is 83.5 Å². The summed E-state index contributed by atoms with van der Waals surface area (Å²) < 4.78 is 0. The maximum absolute atomic E-state index is 12.5. The number of carbonyl (C=O) groups excluding carboxylic acids is 2. The van der Waals surface area contributed by atoms with Crippen LogP contribution in [0.1, 0.15) is 49.9 Å². The van der Waals surface area contributed by atoms with Crippen molar-refractivity contribution in [3.8, 4) is 11.1 Å². The standard InChI is InChI=1S/C28H31NO4/c1-4-7-20(3)9-6-10-27(31)29-25-17-15-22(16-18-25)21-11-13-23(14-12-21)26(30)19-24(8-5-2)28(32)33/h4,6-7,9,11-18,24H,1,5,8,10,19H2,2-3H3,(H,29,31)(H,32,33)/b9-6-,20-7-. The molecule has 1 amide bonds. The van der Waals surface area contributed by atoms with Gasteiger partial charge in [0.25, 0.3) is 0 Å². The average Bonchev–Trinajstić information content (AvgIpc) is 2.79. The largest absolute Gasteiger partial charge is 0.481 e. The number of carboxylic acid groups (broad SMARTS) is 1. The van der Waals surface area contributed by atoms with Gasteiger partial charge in [-0.2, -0.15) is 0 Å². The second-order valence-corrected chi connectivity index (χ2v) is 7.91. The van der Waals surface area contributed by atoms with Crippen LogP contribution in [0.15, 0.2) is 85.0 Å². The van der Waals surface area contributed by atoms with Crippen molar-refractivity contribution in [1.29, 1.82) is 0 Å². The van der Waals surface area contributed by atoms with Crippen molar-refractivity contribution in [1.82, 2.24) is 0 Å². The first-order valence-electron chi connectivity index (χ1n) is 11.1. The van der Waals surface area contributed by atoms with Gasteiger partial charge in [-0.25, -0.2) is 0 Å². The molecule has 1 atom stereocenters. The second kappa shape index (κ2) is 13.0. The molecular formula is C28H31NO4. The molecule has 1 unspecified atom stereocenters. The molecule has 2 N–H and O–H groups in total. The Morgan fingerprint density at radius 3 is 2.18 bits per heavy atom. The Balaban J connectivity index is 1.97. The Bertz CT molecular complexity index is 1030. The van der Waals surface area contributed by atoms with E-state index in [-0.39, 0.29) is 24.5 Å². The molecular weight excluding hydrogens is 414 g/mol. The third-order valence-corrected chi connectivity index (χ3v) is 5.19. The molecule has 0 aliphatic carbocycles. The molecule has 172 valence electrons. The predicted molar refractivity (Wildman–Crippen MR) is 133 cm³/mol. The number of anilines is 1. The predicted octanol–water partition coefficient (Wildman–Crippen LogP) is 6.44. The van der Waals surface area contributed by atoms with Gasteiger partial charge in [0, 0.05) is 24.1 Å². The lowest BCUT2D eigenvalue weighted by Gasteiger charge is -2.11. The van der Waals surface area contributed by atoms with E-state index in [1.54, 1.807) is 18.2 Å². The molecule has 2 aromatic carbocycles. The third-order valence-electron chi connectivity index (χ3n) is 5.19. The highest BCUT2D eigenvalue weighted by Crippen LogP contribution is 2.23. The molecule has 5 heteroatoms. The first kappa shape index (κ1) is 25.5. The summed E-state index contributed by atoms with van der Waals surface area (Å²) in [4.78, 5) is 35.9. The summed E-state index contributed by atoms with van der Waals surface area (Å²) in [5.74, 6) is -1.83. The van der Waals surface area contributed by atoms with Gasteiger partial charge in [-0.1, -0.05) is 86.2 Å². The Morgan fingerprint density at radius 1 is 1.03 bits per heavy atom. The fourth-order valence-electron chi connectivity index (χ4n) is 3.40. The molecule has 0 spiro atoms. The number of aliphatic carboxylic acids is 1. The number of nitrogens with one attached hydrogen (secondary N) is 1. The number of benzene rings is 2. The van der Waals surface area contributed by atoms with Crippen molar-refractivity contribution >= 4 is 23.3 Å². The first-order chi connectivity index (χ1) is 15.8. The van der Waals surface area contributed by atoms with Crippen LogP contribution in [0, 0.1) is 5.92 Å². The molecule has 0 aliphatic rings. The lowest BCUT2D eigenvalue weighted by Crippen LogP contribution is -2.17. The number of ketones is 1. The fourth-order valence-corrected chi connectivity index (χ4v) is 3.40. The van der Waals surface area contributed by atoms with Gasteiger partial charge >= 0.3 is 5.97 Å². The molecule has 2 rings (SSSR count). The Hall–Kier alpha value is -3.73. The SMILES string of the molecule is C=C/C=C(C)\C=C/CC(=O)Nc1ccc(-c2ccc(C(=O)CC(CCC)C(=O)O)cc2)cc1. The molecule has 33 heavy (non-hydrogen) atoms. The third kappa shape index (κ3) is 8.37. The maximum Gasteiger partial charge on any atom is 0.306 e. The molecule has 5 nitrogen and oxygen atoms in total. The number of rotatable bonds is 12. The van der Waals surface area contributed by atoms with Crippen molar-refractivity contribution in [3.63, 3.8) is 0 Å². The van der Waals surface area contributed by atoms with Crippen molar-refractivity contribution in [2.75, 3.05) is 5.32 Å². The zero-order valence-corrected chi connectivity index (χ0v) is 19.2. The molecule has 0 saturated carbocycles. The molecule has 0 heterocycles. The minimum atomic E-state index is -0.926. The van der Waals surface area contributed by atoms with E-state index in [4.69, 9.17) is 0 Å². The summed E-state index contributed by atoms with van der Waals surface area (Å²) in [6, 6.07) is 14.6. The van der Waals surface area contributed by atoms with Gasteiger partial charge in [-0.05, 0) is 36.6 Å². The van der Waals surface area contributed by atoms with Crippen molar-refractivity contribution in [3.05, 3.63) is 90.6 Å². The van der Waals surface area contributed by atoms with Gasteiger partial charge in [0.05, 0.1) is 5.92 Å². The molecule has 0 saturated heterocycles.